The first kappa shape index (κ1) is 15.6. The predicted molar refractivity (Wildman–Crippen MR) is 90.5 cm³/mol. The molecule has 0 spiro atoms. The predicted octanol–water partition coefficient (Wildman–Crippen LogP) is 3.69. The monoisotopic (exact) mass is 320 g/mol. The minimum Gasteiger partial charge on any atom is -0.497 e. The van der Waals surface area contributed by atoms with Crippen molar-refractivity contribution in [3.05, 3.63) is 59.8 Å². The molecule has 120 valence electrons. The molecule has 5 heteroatoms. The number of rotatable bonds is 4. The van der Waals surface area contributed by atoms with Crippen LogP contribution in [0, 0.1) is 11.3 Å². The van der Waals surface area contributed by atoms with Gasteiger partial charge in [0.2, 0.25) is 0 Å². The third-order valence-electron chi connectivity index (χ3n) is 3.75. The summed E-state index contributed by atoms with van der Waals surface area (Å²) in [5, 5.41) is 9.87. The Morgan fingerprint density at radius 2 is 1.92 bits per heavy atom. The second-order valence-corrected chi connectivity index (χ2v) is 5.17. The number of esters is 1. The Labute approximate surface area is 139 Å². The van der Waals surface area contributed by atoms with Gasteiger partial charge in [0, 0.05) is 17.1 Å². The molecular formula is C19H16N2O3. The third kappa shape index (κ3) is 2.70. The summed E-state index contributed by atoms with van der Waals surface area (Å²) in [4.78, 5) is 12.4. The van der Waals surface area contributed by atoms with Crippen molar-refractivity contribution in [2.75, 3.05) is 13.7 Å². The number of nitriles is 1. The Morgan fingerprint density at radius 3 is 2.54 bits per heavy atom. The molecule has 5 nitrogen and oxygen atoms in total. The van der Waals surface area contributed by atoms with Crippen molar-refractivity contribution in [3.63, 3.8) is 0 Å². The summed E-state index contributed by atoms with van der Waals surface area (Å²) in [6.07, 6.45) is 0. The van der Waals surface area contributed by atoms with Crippen LogP contribution >= 0.6 is 0 Å². The zero-order valence-electron chi connectivity index (χ0n) is 13.4. The van der Waals surface area contributed by atoms with Crippen LogP contribution in [0.15, 0.2) is 48.5 Å². The Hall–Kier alpha value is -3.26. The quantitative estimate of drug-likeness (QED) is 0.688. The van der Waals surface area contributed by atoms with Crippen molar-refractivity contribution in [2.24, 2.45) is 0 Å². The fourth-order valence-electron chi connectivity index (χ4n) is 2.63. The number of fused-ring (bicyclic) bond motifs is 1. The average Bonchev–Trinajstić information content (AvgIpc) is 3.00. The van der Waals surface area contributed by atoms with Gasteiger partial charge in [-0.15, -0.1) is 0 Å². The highest BCUT2D eigenvalue weighted by molar-refractivity contribution is 5.97. The van der Waals surface area contributed by atoms with Gasteiger partial charge < -0.3 is 14.0 Å². The van der Waals surface area contributed by atoms with Crippen LogP contribution in [0.4, 0.5) is 0 Å². The van der Waals surface area contributed by atoms with Crippen molar-refractivity contribution >= 4 is 16.9 Å². The number of hydrogen-bond acceptors (Lipinski definition) is 4. The summed E-state index contributed by atoms with van der Waals surface area (Å²) in [6, 6.07) is 16.6. The van der Waals surface area contributed by atoms with E-state index in [1.807, 2.05) is 22.8 Å². The topological polar surface area (TPSA) is 64.2 Å². The molecule has 0 radical (unpaired) electrons. The van der Waals surface area contributed by atoms with E-state index in [2.05, 4.69) is 6.07 Å². The first-order chi connectivity index (χ1) is 11.7. The number of carbonyl (C=O) groups excluding carboxylic acids is 1. The summed E-state index contributed by atoms with van der Waals surface area (Å²) >= 11 is 0. The lowest BCUT2D eigenvalue weighted by Crippen LogP contribution is -2.10. The molecule has 0 aliphatic heterocycles. The molecule has 0 aliphatic carbocycles. The summed E-state index contributed by atoms with van der Waals surface area (Å²) in [5.74, 6) is 0.308. The molecule has 0 unspecified atom stereocenters. The molecule has 0 saturated carbocycles. The van der Waals surface area contributed by atoms with Crippen LogP contribution in [0.2, 0.25) is 0 Å². The zero-order valence-corrected chi connectivity index (χ0v) is 13.4. The number of benzene rings is 2. The van der Waals surface area contributed by atoms with E-state index in [0.29, 0.717) is 23.6 Å². The Balaban J connectivity index is 2.25. The highest BCUT2D eigenvalue weighted by Gasteiger charge is 2.18. The molecule has 1 aromatic heterocycles. The SMILES string of the molecule is CCOC(=O)c1cc2ccc(OC)cc2n1-c1ccc(C#N)cc1. The summed E-state index contributed by atoms with van der Waals surface area (Å²) in [6.45, 7) is 2.08. The number of ether oxygens (including phenoxy) is 2. The van der Waals surface area contributed by atoms with E-state index < -0.39 is 5.97 Å². The van der Waals surface area contributed by atoms with Crippen molar-refractivity contribution in [2.45, 2.75) is 6.92 Å². The largest absolute Gasteiger partial charge is 0.497 e. The van der Waals surface area contributed by atoms with Gasteiger partial charge in [0.05, 0.1) is 30.9 Å². The molecule has 0 aliphatic rings. The van der Waals surface area contributed by atoms with Gasteiger partial charge in [-0.25, -0.2) is 4.79 Å². The Morgan fingerprint density at radius 1 is 1.17 bits per heavy atom. The lowest BCUT2D eigenvalue weighted by Gasteiger charge is -2.11. The van der Waals surface area contributed by atoms with Crippen LogP contribution in [0.25, 0.3) is 16.6 Å². The van der Waals surface area contributed by atoms with Crippen LogP contribution in [-0.2, 0) is 4.74 Å². The number of aromatic nitrogens is 1. The molecular weight excluding hydrogens is 304 g/mol. The molecule has 0 bridgehead atoms. The van der Waals surface area contributed by atoms with Gasteiger partial charge in [-0.2, -0.15) is 5.26 Å². The van der Waals surface area contributed by atoms with Gasteiger partial charge in [-0.3, -0.25) is 0 Å². The lowest BCUT2D eigenvalue weighted by atomic mass is 10.2. The second-order valence-electron chi connectivity index (χ2n) is 5.17. The maximum atomic E-state index is 12.4. The van der Waals surface area contributed by atoms with Crippen LogP contribution in [-0.4, -0.2) is 24.3 Å². The van der Waals surface area contributed by atoms with Gasteiger partial charge in [-0.1, -0.05) is 0 Å². The van der Waals surface area contributed by atoms with Gasteiger partial charge in [-0.05, 0) is 49.4 Å². The highest BCUT2D eigenvalue weighted by atomic mass is 16.5. The first-order valence-corrected chi connectivity index (χ1v) is 7.55. The van der Waals surface area contributed by atoms with Crippen LogP contribution < -0.4 is 4.74 Å². The van der Waals surface area contributed by atoms with Gasteiger partial charge in [0.15, 0.2) is 0 Å². The normalized spacial score (nSPS) is 10.4. The van der Waals surface area contributed by atoms with Gasteiger partial charge in [0.25, 0.3) is 0 Å². The van der Waals surface area contributed by atoms with Crippen LogP contribution in [0.1, 0.15) is 23.0 Å². The summed E-state index contributed by atoms with van der Waals surface area (Å²) in [7, 11) is 1.60. The third-order valence-corrected chi connectivity index (χ3v) is 3.75. The van der Waals surface area contributed by atoms with Gasteiger partial charge in [0.1, 0.15) is 11.4 Å². The Bertz CT molecular complexity index is 934. The molecule has 0 amide bonds. The van der Waals surface area contributed by atoms with E-state index in [1.54, 1.807) is 44.4 Å². The molecule has 24 heavy (non-hydrogen) atoms. The number of nitrogens with zero attached hydrogens (tertiary/aromatic N) is 2. The summed E-state index contributed by atoms with van der Waals surface area (Å²) in [5.41, 5.74) is 2.61. The lowest BCUT2D eigenvalue weighted by molar-refractivity contribution is 0.0517. The molecule has 2 aromatic carbocycles. The van der Waals surface area contributed by atoms with E-state index in [4.69, 9.17) is 14.7 Å². The maximum Gasteiger partial charge on any atom is 0.355 e. The standard InChI is InChI=1S/C19H16N2O3/c1-3-24-19(22)18-10-14-6-9-16(23-2)11-17(14)21(18)15-7-4-13(12-20)5-8-15/h4-11H,3H2,1-2H3. The van der Waals surface area contributed by atoms with Crippen molar-refractivity contribution in [3.8, 4) is 17.5 Å². The van der Waals surface area contributed by atoms with Gasteiger partial charge >= 0.3 is 5.97 Å². The molecule has 1 heterocycles. The van der Waals surface area contributed by atoms with Crippen LogP contribution in [0.3, 0.4) is 0 Å². The first-order valence-electron chi connectivity index (χ1n) is 7.55. The molecule has 0 N–H and O–H groups in total. The van der Waals surface area contributed by atoms with E-state index in [9.17, 15) is 4.79 Å². The molecule has 3 rings (SSSR count). The summed E-state index contributed by atoms with van der Waals surface area (Å²) < 4.78 is 12.3. The number of methoxy groups -OCH3 is 1. The minimum absolute atomic E-state index is 0.303. The van der Waals surface area contributed by atoms with E-state index in [-0.39, 0.29) is 0 Å². The smallest absolute Gasteiger partial charge is 0.355 e. The van der Waals surface area contributed by atoms with E-state index in [0.717, 1.165) is 16.6 Å². The molecule has 0 atom stereocenters. The molecule has 0 saturated heterocycles. The maximum absolute atomic E-state index is 12.4. The van der Waals surface area contributed by atoms with E-state index in [1.165, 1.54) is 0 Å². The molecule has 0 fully saturated rings. The Kier molecular flexibility index (Phi) is 4.21. The fourth-order valence-corrected chi connectivity index (χ4v) is 2.63. The van der Waals surface area contributed by atoms with Crippen molar-refractivity contribution < 1.29 is 14.3 Å². The fraction of sp³-hybridized carbons (Fsp3) is 0.158. The van der Waals surface area contributed by atoms with Crippen molar-refractivity contribution in [1.82, 2.24) is 4.57 Å². The molecule has 3 aromatic rings. The zero-order chi connectivity index (χ0) is 17.1. The number of hydrogen-bond donors (Lipinski definition) is 0. The van der Waals surface area contributed by atoms with Crippen molar-refractivity contribution in [1.29, 1.82) is 5.26 Å². The average molecular weight is 320 g/mol. The van der Waals surface area contributed by atoms with Crippen LogP contribution in [0.5, 0.6) is 5.75 Å². The van der Waals surface area contributed by atoms with E-state index >= 15 is 0 Å². The second kappa shape index (κ2) is 6.47. The minimum atomic E-state index is -0.392. The number of carbonyl (C=O) groups is 1. The highest BCUT2D eigenvalue weighted by Crippen LogP contribution is 2.28.